The normalized spacial score (nSPS) is 28.3. The summed E-state index contributed by atoms with van der Waals surface area (Å²) in [5.74, 6) is 2.37. The van der Waals surface area contributed by atoms with Crippen LogP contribution in [-0.4, -0.2) is 24.3 Å². The summed E-state index contributed by atoms with van der Waals surface area (Å²) in [6, 6.07) is 0. The summed E-state index contributed by atoms with van der Waals surface area (Å²) in [4.78, 5) is 0. The van der Waals surface area contributed by atoms with E-state index in [4.69, 9.17) is 0 Å². The van der Waals surface area contributed by atoms with Gasteiger partial charge in [-0.1, -0.05) is 33.6 Å². The molecule has 2 heteroatoms. The van der Waals surface area contributed by atoms with E-state index in [1.54, 1.807) is 0 Å². The highest BCUT2D eigenvalue weighted by Crippen LogP contribution is 2.27. The zero-order valence-electron chi connectivity index (χ0n) is 11.2. The maximum atomic E-state index is 9.73. The molecule has 1 atom stereocenters. The van der Waals surface area contributed by atoms with Gasteiger partial charge < -0.3 is 10.4 Å². The van der Waals surface area contributed by atoms with Crippen molar-refractivity contribution in [3.63, 3.8) is 0 Å². The summed E-state index contributed by atoms with van der Waals surface area (Å²) in [6.07, 6.45) is 6.27. The van der Waals surface area contributed by atoms with E-state index in [1.807, 2.05) is 0 Å². The van der Waals surface area contributed by atoms with Crippen LogP contribution >= 0.6 is 0 Å². The van der Waals surface area contributed by atoms with Crippen LogP contribution in [0.3, 0.4) is 0 Å². The first-order chi connectivity index (χ1) is 7.58. The molecule has 0 bridgehead atoms. The summed E-state index contributed by atoms with van der Waals surface area (Å²) in [5.41, 5.74) is 0. The van der Waals surface area contributed by atoms with Crippen LogP contribution in [0, 0.1) is 17.8 Å². The molecule has 1 aliphatic carbocycles. The van der Waals surface area contributed by atoms with Crippen molar-refractivity contribution in [2.45, 2.75) is 59.0 Å². The summed E-state index contributed by atoms with van der Waals surface area (Å²) >= 11 is 0. The minimum absolute atomic E-state index is 0.164. The molecule has 0 heterocycles. The van der Waals surface area contributed by atoms with Crippen molar-refractivity contribution < 1.29 is 5.11 Å². The highest BCUT2D eigenvalue weighted by molar-refractivity contribution is 4.72. The second-order valence-corrected chi connectivity index (χ2v) is 6.07. The lowest BCUT2D eigenvalue weighted by Gasteiger charge is -2.26. The molecular formula is C14H29NO. The molecule has 1 saturated carbocycles. The van der Waals surface area contributed by atoms with Crippen molar-refractivity contribution in [1.82, 2.24) is 5.32 Å². The fourth-order valence-electron chi connectivity index (χ4n) is 2.61. The molecule has 0 spiro atoms. The van der Waals surface area contributed by atoms with Gasteiger partial charge in [-0.25, -0.2) is 0 Å². The minimum Gasteiger partial charge on any atom is -0.392 e. The van der Waals surface area contributed by atoms with E-state index in [2.05, 4.69) is 26.1 Å². The van der Waals surface area contributed by atoms with Crippen LogP contribution in [0.5, 0.6) is 0 Å². The summed E-state index contributed by atoms with van der Waals surface area (Å²) in [6.45, 7) is 8.54. The van der Waals surface area contributed by atoms with Crippen molar-refractivity contribution in [2.24, 2.45) is 17.8 Å². The second kappa shape index (κ2) is 7.29. The molecule has 0 amide bonds. The van der Waals surface area contributed by atoms with Crippen molar-refractivity contribution in [3.8, 4) is 0 Å². The fourth-order valence-corrected chi connectivity index (χ4v) is 2.61. The van der Waals surface area contributed by atoms with Crippen LogP contribution in [0.15, 0.2) is 0 Å². The molecule has 1 unspecified atom stereocenters. The van der Waals surface area contributed by atoms with E-state index < -0.39 is 0 Å². The maximum absolute atomic E-state index is 9.73. The van der Waals surface area contributed by atoms with Gasteiger partial charge in [-0.05, 0) is 43.6 Å². The average molecular weight is 227 g/mol. The molecule has 1 fully saturated rings. The van der Waals surface area contributed by atoms with E-state index in [9.17, 15) is 5.11 Å². The van der Waals surface area contributed by atoms with E-state index >= 15 is 0 Å². The Morgan fingerprint density at radius 1 is 1.19 bits per heavy atom. The summed E-state index contributed by atoms with van der Waals surface area (Å²) in [5, 5.41) is 13.2. The van der Waals surface area contributed by atoms with E-state index in [-0.39, 0.29) is 6.10 Å². The standard InChI is InChI=1S/C14H29NO/c1-11(2)8-14(16)10-15-9-13-6-4-12(3)5-7-13/h11-16H,4-10H2,1-3H3. The van der Waals surface area contributed by atoms with Crippen molar-refractivity contribution >= 4 is 0 Å². The third-order valence-electron chi connectivity index (χ3n) is 3.69. The number of hydrogen-bond donors (Lipinski definition) is 2. The second-order valence-electron chi connectivity index (χ2n) is 6.07. The monoisotopic (exact) mass is 227 g/mol. The molecule has 0 radical (unpaired) electrons. The van der Waals surface area contributed by atoms with Gasteiger partial charge in [-0.15, -0.1) is 0 Å². The fraction of sp³-hybridized carbons (Fsp3) is 1.00. The molecule has 0 saturated heterocycles. The molecule has 1 aliphatic rings. The van der Waals surface area contributed by atoms with E-state index in [0.29, 0.717) is 5.92 Å². The van der Waals surface area contributed by atoms with Crippen LogP contribution in [0.25, 0.3) is 0 Å². The van der Waals surface area contributed by atoms with Gasteiger partial charge in [0.1, 0.15) is 0 Å². The molecule has 0 aromatic heterocycles. The smallest absolute Gasteiger partial charge is 0.0667 e. The van der Waals surface area contributed by atoms with E-state index in [1.165, 1.54) is 25.7 Å². The Hall–Kier alpha value is -0.0800. The van der Waals surface area contributed by atoms with Gasteiger partial charge in [0, 0.05) is 6.54 Å². The molecule has 0 aliphatic heterocycles. The van der Waals surface area contributed by atoms with Gasteiger partial charge in [0.2, 0.25) is 0 Å². The van der Waals surface area contributed by atoms with Crippen molar-refractivity contribution in [3.05, 3.63) is 0 Å². The third-order valence-corrected chi connectivity index (χ3v) is 3.69. The first-order valence-corrected chi connectivity index (χ1v) is 6.96. The first kappa shape index (κ1) is 14.0. The SMILES string of the molecule is CC(C)CC(O)CNCC1CCC(C)CC1. The third kappa shape index (κ3) is 5.86. The minimum atomic E-state index is -0.164. The molecule has 2 N–H and O–H groups in total. The van der Waals surface area contributed by atoms with Gasteiger partial charge in [0.05, 0.1) is 6.10 Å². The maximum Gasteiger partial charge on any atom is 0.0667 e. The predicted molar refractivity (Wildman–Crippen MR) is 69.5 cm³/mol. The Labute approximate surface area is 101 Å². The van der Waals surface area contributed by atoms with Gasteiger partial charge in [0.25, 0.3) is 0 Å². The Morgan fingerprint density at radius 2 is 1.81 bits per heavy atom. The Kier molecular flexibility index (Phi) is 6.37. The first-order valence-electron chi connectivity index (χ1n) is 6.96. The van der Waals surface area contributed by atoms with Gasteiger partial charge in [0.15, 0.2) is 0 Å². The zero-order valence-corrected chi connectivity index (χ0v) is 11.2. The topological polar surface area (TPSA) is 32.3 Å². The van der Waals surface area contributed by atoms with Crippen molar-refractivity contribution in [1.29, 1.82) is 0 Å². The highest BCUT2D eigenvalue weighted by atomic mass is 16.3. The Bertz CT molecular complexity index is 174. The Morgan fingerprint density at radius 3 is 2.38 bits per heavy atom. The molecule has 0 aromatic rings. The number of rotatable bonds is 6. The average Bonchev–Trinajstić information content (AvgIpc) is 2.20. The largest absolute Gasteiger partial charge is 0.392 e. The Balaban J connectivity index is 2.02. The zero-order chi connectivity index (χ0) is 12.0. The number of aliphatic hydroxyl groups excluding tert-OH is 1. The van der Waals surface area contributed by atoms with Crippen molar-refractivity contribution in [2.75, 3.05) is 13.1 Å². The van der Waals surface area contributed by atoms with Gasteiger partial charge in [-0.2, -0.15) is 0 Å². The quantitative estimate of drug-likeness (QED) is 0.731. The highest BCUT2D eigenvalue weighted by Gasteiger charge is 2.18. The number of hydrogen-bond acceptors (Lipinski definition) is 2. The lowest BCUT2D eigenvalue weighted by molar-refractivity contribution is 0.143. The lowest BCUT2D eigenvalue weighted by Crippen LogP contribution is -2.32. The summed E-state index contributed by atoms with van der Waals surface area (Å²) in [7, 11) is 0. The lowest BCUT2D eigenvalue weighted by atomic mass is 9.83. The molecule has 0 aromatic carbocycles. The molecule has 16 heavy (non-hydrogen) atoms. The number of aliphatic hydroxyl groups is 1. The molecule has 96 valence electrons. The van der Waals surface area contributed by atoms with Crippen LogP contribution in [0.2, 0.25) is 0 Å². The van der Waals surface area contributed by atoms with E-state index in [0.717, 1.165) is 31.3 Å². The molecule has 2 nitrogen and oxygen atoms in total. The van der Waals surface area contributed by atoms with Crippen LogP contribution < -0.4 is 5.32 Å². The van der Waals surface area contributed by atoms with Gasteiger partial charge >= 0.3 is 0 Å². The van der Waals surface area contributed by atoms with Crippen LogP contribution in [0.1, 0.15) is 52.9 Å². The number of nitrogens with one attached hydrogen (secondary N) is 1. The summed E-state index contributed by atoms with van der Waals surface area (Å²) < 4.78 is 0. The predicted octanol–water partition coefficient (Wildman–Crippen LogP) is 2.81. The van der Waals surface area contributed by atoms with Crippen LogP contribution in [-0.2, 0) is 0 Å². The van der Waals surface area contributed by atoms with Crippen LogP contribution in [0.4, 0.5) is 0 Å². The molecule has 1 rings (SSSR count). The molecular weight excluding hydrogens is 198 g/mol. The van der Waals surface area contributed by atoms with Gasteiger partial charge in [-0.3, -0.25) is 0 Å².